The molecule has 0 rings (SSSR count). The van der Waals surface area contributed by atoms with Crippen LogP contribution in [0.2, 0.25) is 0 Å². The van der Waals surface area contributed by atoms with E-state index in [2.05, 4.69) is 18.0 Å². The van der Waals surface area contributed by atoms with Crippen LogP contribution in [0.5, 0.6) is 0 Å². The maximum atomic E-state index is 10.7. The molecule has 0 spiro atoms. The Balaban J connectivity index is 3.91. The van der Waals surface area contributed by atoms with Crippen molar-refractivity contribution in [2.75, 3.05) is 6.61 Å². The number of hydrogen-bond acceptors (Lipinski definition) is 3. The van der Waals surface area contributed by atoms with E-state index in [4.69, 9.17) is 4.55 Å². The van der Waals surface area contributed by atoms with Crippen molar-refractivity contribution in [3.05, 3.63) is 0 Å². The predicted molar refractivity (Wildman–Crippen MR) is 83.1 cm³/mol. The molecule has 5 heteroatoms. The summed E-state index contributed by atoms with van der Waals surface area (Å²) in [4.78, 5) is 0. The van der Waals surface area contributed by atoms with Crippen molar-refractivity contribution in [1.29, 1.82) is 0 Å². The Morgan fingerprint density at radius 1 is 0.850 bits per heavy atom. The maximum absolute atomic E-state index is 10.7. The molecule has 20 heavy (non-hydrogen) atoms. The number of hydrogen-bond donors (Lipinski definition) is 1. The van der Waals surface area contributed by atoms with Gasteiger partial charge in [-0.15, -0.1) is 0 Å². The third kappa shape index (κ3) is 14.3. The third-order valence-corrected chi connectivity index (χ3v) is 4.07. The SMILES string of the molecule is CCCCCCCC(CCCCCC)COS(=O)(=O)O. The highest BCUT2D eigenvalue weighted by molar-refractivity contribution is 7.80. The lowest BCUT2D eigenvalue weighted by Crippen LogP contribution is -2.14. The second kappa shape index (κ2) is 12.6. The van der Waals surface area contributed by atoms with Gasteiger partial charge in [-0.3, -0.25) is 4.55 Å². The Morgan fingerprint density at radius 3 is 1.75 bits per heavy atom. The van der Waals surface area contributed by atoms with E-state index in [0.29, 0.717) is 0 Å². The zero-order valence-corrected chi connectivity index (χ0v) is 14.0. The summed E-state index contributed by atoms with van der Waals surface area (Å²) in [6.07, 6.45) is 12.8. The van der Waals surface area contributed by atoms with Crippen LogP contribution in [0.25, 0.3) is 0 Å². The van der Waals surface area contributed by atoms with E-state index in [1.54, 1.807) is 0 Å². The van der Waals surface area contributed by atoms with E-state index in [1.165, 1.54) is 44.9 Å². The minimum absolute atomic E-state index is 0.124. The van der Waals surface area contributed by atoms with Crippen molar-refractivity contribution < 1.29 is 17.2 Å². The van der Waals surface area contributed by atoms with E-state index in [1.807, 2.05) is 0 Å². The smallest absolute Gasteiger partial charge is 0.264 e. The molecule has 0 aromatic heterocycles. The van der Waals surface area contributed by atoms with Crippen molar-refractivity contribution >= 4 is 10.4 Å². The molecule has 0 amide bonds. The summed E-state index contributed by atoms with van der Waals surface area (Å²) < 4.78 is 34.5. The first-order valence-corrected chi connectivity index (χ1v) is 9.48. The fraction of sp³-hybridized carbons (Fsp3) is 1.00. The average molecular weight is 308 g/mol. The molecule has 0 bridgehead atoms. The molecule has 0 aliphatic carbocycles. The molecular weight excluding hydrogens is 276 g/mol. The van der Waals surface area contributed by atoms with Crippen molar-refractivity contribution in [3.8, 4) is 0 Å². The van der Waals surface area contributed by atoms with Crippen molar-refractivity contribution in [1.82, 2.24) is 0 Å². The summed E-state index contributed by atoms with van der Waals surface area (Å²) in [5, 5.41) is 0. The highest BCUT2D eigenvalue weighted by atomic mass is 32.3. The lowest BCUT2D eigenvalue weighted by molar-refractivity contribution is 0.204. The van der Waals surface area contributed by atoms with Gasteiger partial charge in [-0.1, -0.05) is 71.6 Å². The lowest BCUT2D eigenvalue weighted by Gasteiger charge is -2.15. The van der Waals surface area contributed by atoms with Gasteiger partial charge in [0.15, 0.2) is 0 Å². The van der Waals surface area contributed by atoms with Crippen LogP contribution in [-0.2, 0) is 14.6 Å². The van der Waals surface area contributed by atoms with Gasteiger partial charge >= 0.3 is 10.4 Å². The van der Waals surface area contributed by atoms with E-state index >= 15 is 0 Å². The predicted octanol–water partition coefficient (Wildman–Crippen LogP) is 4.75. The van der Waals surface area contributed by atoms with Crippen molar-refractivity contribution in [2.24, 2.45) is 5.92 Å². The molecule has 4 nitrogen and oxygen atoms in total. The Kier molecular flexibility index (Phi) is 12.5. The fourth-order valence-corrected chi connectivity index (χ4v) is 2.75. The first kappa shape index (κ1) is 19.9. The van der Waals surface area contributed by atoms with Gasteiger partial charge < -0.3 is 0 Å². The van der Waals surface area contributed by atoms with E-state index < -0.39 is 10.4 Å². The summed E-state index contributed by atoms with van der Waals surface area (Å²) >= 11 is 0. The first-order chi connectivity index (χ1) is 9.49. The van der Waals surface area contributed by atoms with Gasteiger partial charge in [0.1, 0.15) is 0 Å². The van der Waals surface area contributed by atoms with Crippen molar-refractivity contribution in [3.63, 3.8) is 0 Å². The van der Waals surface area contributed by atoms with Crippen LogP contribution in [0.1, 0.15) is 84.5 Å². The van der Waals surface area contributed by atoms with Crippen LogP contribution < -0.4 is 0 Å². The van der Waals surface area contributed by atoms with E-state index in [0.717, 1.165) is 25.7 Å². The molecule has 1 atom stereocenters. The van der Waals surface area contributed by atoms with Gasteiger partial charge in [0, 0.05) is 0 Å². The quantitative estimate of drug-likeness (QED) is 0.371. The normalized spacial score (nSPS) is 13.6. The first-order valence-electron chi connectivity index (χ1n) is 8.11. The van der Waals surface area contributed by atoms with E-state index in [-0.39, 0.29) is 12.5 Å². The van der Waals surface area contributed by atoms with E-state index in [9.17, 15) is 8.42 Å². The Bertz CT molecular complexity index is 301. The van der Waals surface area contributed by atoms with Gasteiger partial charge in [0.05, 0.1) is 6.61 Å². The molecule has 0 aliphatic heterocycles. The molecule has 1 unspecified atom stereocenters. The molecule has 0 radical (unpaired) electrons. The van der Waals surface area contributed by atoms with Gasteiger partial charge in [0.2, 0.25) is 0 Å². The summed E-state index contributed by atoms with van der Waals surface area (Å²) in [6, 6.07) is 0. The standard InChI is InChI=1S/C15H32O4S/c1-3-5-7-9-11-13-15(12-10-8-6-4-2)14-19-20(16,17)18/h15H,3-14H2,1-2H3,(H,16,17,18). The molecule has 0 saturated heterocycles. The molecule has 0 aromatic rings. The van der Waals surface area contributed by atoms with Crippen LogP contribution in [0, 0.1) is 5.92 Å². The topological polar surface area (TPSA) is 63.6 Å². The minimum atomic E-state index is -4.29. The van der Waals surface area contributed by atoms with Crippen LogP contribution >= 0.6 is 0 Å². The highest BCUT2D eigenvalue weighted by Crippen LogP contribution is 2.19. The molecule has 1 N–H and O–H groups in total. The zero-order valence-electron chi connectivity index (χ0n) is 13.1. The zero-order chi connectivity index (χ0) is 15.3. The largest absolute Gasteiger partial charge is 0.397 e. The molecule has 0 aromatic carbocycles. The molecule has 0 aliphatic rings. The molecule has 0 fully saturated rings. The molecule has 0 heterocycles. The second-order valence-corrected chi connectivity index (χ2v) is 6.72. The molecule has 122 valence electrons. The Labute approximate surface area is 125 Å². The Morgan fingerprint density at radius 2 is 1.30 bits per heavy atom. The van der Waals surface area contributed by atoms with Crippen LogP contribution in [0.4, 0.5) is 0 Å². The molecule has 0 saturated carbocycles. The summed E-state index contributed by atoms with van der Waals surface area (Å²) in [6.45, 7) is 4.49. The lowest BCUT2D eigenvalue weighted by atomic mass is 9.95. The van der Waals surface area contributed by atoms with Crippen molar-refractivity contribution in [2.45, 2.75) is 84.5 Å². The van der Waals surface area contributed by atoms with Gasteiger partial charge in [-0.25, -0.2) is 4.18 Å². The average Bonchev–Trinajstić information content (AvgIpc) is 2.38. The van der Waals surface area contributed by atoms with Gasteiger partial charge in [-0.05, 0) is 18.8 Å². The maximum Gasteiger partial charge on any atom is 0.397 e. The summed E-state index contributed by atoms with van der Waals surface area (Å²) in [5.41, 5.74) is 0. The molecular formula is C15H32O4S. The van der Waals surface area contributed by atoms with Crippen LogP contribution in [-0.4, -0.2) is 19.6 Å². The summed E-state index contributed by atoms with van der Waals surface area (Å²) in [7, 11) is -4.29. The fourth-order valence-electron chi connectivity index (χ4n) is 2.39. The van der Waals surface area contributed by atoms with Gasteiger partial charge in [0.25, 0.3) is 0 Å². The Hall–Kier alpha value is -0.130. The number of rotatable bonds is 14. The van der Waals surface area contributed by atoms with Crippen LogP contribution in [0.3, 0.4) is 0 Å². The van der Waals surface area contributed by atoms with Crippen LogP contribution in [0.15, 0.2) is 0 Å². The third-order valence-electron chi connectivity index (χ3n) is 3.63. The highest BCUT2D eigenvalue weighted by Gasteiger charge is 2.13. The monoisotopic (exact) mass is 308 g/mol. The second-order valence-electron chi connectivity index (χ2n) is 5.63. The summed E-state index contributed by atoms with van der Waals surface area (Å²) in [5.74, 6) is 0.246. The number of unbranched alkanes of at least 4 members (excludes halogenated alkanes) is 7. The minimum Gasteiger partial charge on any atom is -0.264 e. The van der Waals surface area contributed by atoms with Gasteiger partial charge in [-0.2, -0.15) is 8.42 Å².